The number of nitrogens with one attached hydrogen (secondary N) is 2. The molecule has 0 saturated carbocycles. The summed E-state index contributed by atoms with van der Waals surface area (Å²) in [6, 6.07) is 16.8. The molecule has 2 N–H and O–H groups in total. The van der Waals surface area contributed by atoms with Crippen LogP contribution < -0.4 is 15.4 Å². The average molecular weight is 440 g/mol. The Labute approximate surface area is 177 Å². The highest BCUT2D eigenvalue weighted by molar-refractivity contribution is 7.90. The van der Waals surface area contributed by atoms with Crippen LogP contribution in [0.2, 0.25) is 5.02 Å². The highest BCUT2D eigenvalue weighted by Crippen LogP contribution is 2.39. The summed E-state index contributed by atoms with van der Waals surface area (Å²) >= 11 is 6.16. The number of hydrogen-bond donors (Lipinski definition) is 2. The van der Waals surface area contributed by atoms with E-state index in [0.717, 1.165) is 0 Å². The van der Waals surface area contributed by atoms with Gasteiger partial charge >= 0.3 is 0 Å². The van der Waals surface area contributed by atoms with Crippen LogP contribution in [0.1, 0.15) is 11.3 Å². The molecule has 10 heteroatoms. The zero-order valence-electron chi connectivity index (χ0n) is 15.3. The van der Waals surface area contributed by atoms with E-state index in [1.807, 2.05) is 6.07 Å². The Morgan fingerprint density at radius 1 is 1.10 bits per heavy atom. The van der Waals surface area contributed by atoms with Gasteiger partial charge in [-0.1, -0.05) is 29.8 Å². The molecule has 0 bridgehead atoms. The number of pyridine rings is 1. The van der Waals surface area contributed by atoms with Crippen molar-refractivity contribution in [3.05, 3.63) is 77.1 Å². The third kappa shape index (κ3) is 3.91. The van der Waals surface area contributed by atoms with Crippen LogP contribution in [0.5, 0.6) is 11.5 Å². The van der Waals surface area contributed by atoms with E-state index in [1.165, 1.54) is 6.07 Å². The molecule has 2 aromatic carbocycles. The number of para-hydroxylation sites is 2. The van der Waals surface area contributed by atoms with E-state index in [4.69, 9.17) is 16.3 Å². The number of rotatable bonds is 4. The Bertz CT molecular complexity index is 1300. The number of aromatic nitrogens is 1. The molecule has 1 aliphatic heterocycles. The van der Waals surface area contributed by atoms with Gasteiger partial charge in [-0.05, 0) is 36.4 Å². The summed E-state index contributed by atoms with van der Waals surface area (Å²) < 4.78 is 35.0. The molecule has 1 aliphatic rings. The number of benzene rings is 2. The number of halogens is 1. The van der Waals surface area contributed by atoms with Crippen LogP contribution in [-0.4, -0.2) is 19.4 Å². The average Bonchev–Trinajstić information content (AvgIpc) is 2.74. The summed E-state index contributed by atoms with van der Waals surface area (Å²) in [7, 11) is -3.97. The predicted octanol–water partition coefficient (Wildman–Crippen LogP) is 3.66. The molecule has 0 unspecified atom stereocenters. The molecule has 2 heterocycles. The first-order valence-electron chi connectivity index (χ1n) is 8.73. The lowest BCUT2D eigenvalue weighted by molar-refractivity contribution is 0.483. The Morgan fingerprint density at radius 3 is 2.70 bits per heavy atom. The number of fused-ring (bicyclic) bond motifs is 1. The summed E-state index contributed by atoms with van der Waals surface area (Å²) in [6.07, 6.45) is 1.55. The first-order chi connectivity index (χ1) is 14.5. The quantitative estimate of drug-likeness (QED) is 0.637. The lowest BCUT2D eigenvalue weighted by Crippen LogP contribution is -2.34. The highest BCUT2D eigenvalue weighted by atomic mass is 35.5. The summed E-state index contributed by atoms with van der Waals surface area (Å²) in [5, 5.41) is 15.4. The summed E-state index contributed by atoms with van der Waals surface area (Å²) in [5.74, 6) is 0.650. The van der Waals surface area contributed by atoms with Crippen LogP contribution in [0.3, 0.4) is 0 Å². The van der Waals surface area contributed by atoms with Gasteiger partial charge in [-0.2, -0.15) is 13.7 Å². The van der Waals surface area contributed by atoms with Crippen LogP contribution in [0.25, 0.3) is 0 Å². The number of sulfonamides is 1. The maximum Gasteiger partial charge on any atom is 0.287 e. The third-order valence-electron chi connectivity index (χ3n) is 4.21. The maximum absolute atomic E-state index is 12.7. The second kappa shape index (κ2) is 8.02. The van der Waals surface area contributed by atoms with Crippen molar-refractivity contribution in [3.8, 4) is 17.6 Å². The van der Waals surface area contributed by atoms with Crippen LogP contribution >= 0.6 is 11.6 Å². The number of nitriles is 1. The molecule has 4 rings (SSSR count). The SMILES string of the molecule is N#Cc1cccnc1CNC1=NS(=O)(=O)c2cccc(Oc3ccccc3Cl)c2N1. The molecular weight excluding hydrogens is 426 g/mol. The minimum absolute atomic E-state index is 0.00717. The Morgan fingerprint density at radius 2 is 1.90 bits per heavy atom. The number of anilines is 1. The fourth-order valence-electron chi connectivity index (χ4n) is 2.82. The topological polar surface area (TPSA) is 116 Å². The van der Waals surface area contributed by atoms with Crippen molar-refractivity contribution in [1.29, 1.82) is 5.26 Å². The van der Waals surface area contributed by atoms with Gasteiger partial charge in [0.15, 0.2) is 5.75 Å². The van der Waals surface area contributed by atoms with Gasteiger partial charge in [0.1, 0.15) is 22.4 Å². The summed E-state index contributed by atoms with van der Waals surface area (Å²) in [6.45, 7) is 0.105. The second-order valence-corrected chi connectivity index (χ2v) is 8.14. The Hall–Kier alpha value is -3.61. The summed E-state index contributed by atoms with van der Waals surface area (Å²) in [5.41, 5.74) is 1.08. The van der Waals surface area contributed by atoms with Gasteiger partial charge in [-0.3, -0.25) is 4.98 Å². The minimum Gasteiger partial charge on any atom is -0.454 e. The predicted molar refractivity (Wildman–Crippen MR) is 112 cm³/mol. The van der Waals surface area contributed by atoms with E-state index in [0.29, 0.717) is 22.0 Å². The monoisotopic (exact) mass is 439 g/mol. The first kappa shape index (κ1) is 19.7. The van der Waals surface area contributed by atoms with Gasteiger partial charge in [0, 0.05) is 6.20 Å². The standard InChI is InChI=1S/C20H14ClN5O3S/c21-14-6-1-2-7-16(14)29-17-8-3-9-18-19(17)25-20(26-30(18,27)28)24-12-15-13(11-22)5-4-10-23-15/h1-10H,12H2,(H2,24,25,26). The molecule has 30 heavy (non-hydrogen) atoms. The van der Waals surface area contributed by atoms with Crippen LogP contribution in [0, 0.1) is 11.3 Å². The van der Waals surface area contributed by atoms with Gasteiger partial charge in [-0.25, -0.2) is 0 Å². The van der Waals surface area contributed by atoms with Gasteiger partial charge < -0.3 is 15.4 Å². The van der Waals surface area contributed by atoms with Crippen molar-refractivity contribution in [3.63, 3.8) is 0 Å². The van der Waals surface area contributed by atoms with E-state index in [2.05, 4.69) is 20.0 Å². The van der Waals surface area contributed by atoms with Gasteiger partial charge in [0.05, 0.1) is 22.8 Å². The van der Waals surface area contributed by atoms with Crippen molar-refractivity contribution < 1.29 is 13.2 Å². The molecule has 3 aromatic rings. The smallest absolute Gasteiger partial charge is 0.287 e. The number of nitrogens with zero attached hydrogens (tertiary/aromatic N) is 3. The van der Waals surface area contributed by atoms with E-state index in [1.54, 1.807) is 54.7 Å². The Kier molecular flexibility index (Phi) is 5.27. The normalized spacial score (nSPS) is 13.9. The lowest BCUT2D eigenvalue weighted by atomic mass is 10.2. The van der Waals surface area contributed by atoms with Crippen molar-refractivity contribution in [2.75, 3.05) is 5.32 Å². The molecule has 0 aliphatic carbocycles. The van der Waals surface area contributed by atoms with Crippen molar-refractivity contribution in [2.45, 2.75) is 11.4 Å². The molecule has 150 valence electrons. The molecule has 8 nitrogen and oxygen atoms in total. The van der Waals surface area contributed by atoms with Crippen molar-refractivity contribution >= 4 is 33.3 Å². The van der Waals surface area contributed by atoms with Gasteiger partial charge in [0.2, 0.25) is 5.96 Å². The van der Waals surface area contributed by atoms with Crippen LogP contribution in [0.4, 0.5) is 5.69 Å². The molecule has 0 saturated heterocycles. The van der Waals surface area contributed by atoms with E-state index >= 15 is 0 Å². The molecule has 0 radical (unpaired) electrons. The highest BCUT2D eigenvalue weighted by Gasteiger charge is 2.28. The molecule has 0 atom stereocenters. The summed E-state index contributed by atoms with van der Waals surface area (Å²) in [4.78, 5) is 4.12. The molecule has 0 spiro atoms. The Balaban J connectivity index is 1.64. The zero-order chi connectivity index (χ0) is 21.1. The minimum atomic E-state index is -3.97. The van der Waals surface area contributed by atoms with Crippen LogP contribution in [-0.2, 0) is 16.6 Å². The van der Waals surface area contributed by atoms with Crippen molar-refractivity contribution in [1.82, 2.24) is 10.3 Å². The van der Waals surface area contributed by atoms with Gasteiger partial charge in [-0.15, -0.1) is 4.40 Å². The fourth-order valence-corrected chi connectivity index (χ4v) is 4.10. The number of ether oxygens (including phenoxy) is 1. The van der Waals surface area contributed by atoms with E-state index in [-0.39, 0.29) is 28.8 Å². The zero-order valence-corrected chi connectivity index (χ0v) is 16.9. The number of guanidine groups is 1. The molecule has 0 fully saturated rings. The molecule has 1 aromatic heterocycles. The fraction of sp³-hybridized carbons (Fsp3) is 0.0500. The largest absolute Gasteiger partial charge is 0.454 e. The van der Waals surface area contributed by atoms with Crippen LogP contribution in [0.15, 0.2) is 70.1 Å². The number of hydrogen-bond acceptors (Lipinski definition) is 7. The third-order valence-corrected chi connectivity index (χ3v) is 5.84. The van der Waals surface area contributed by atoms with Gasteiger partial charge in [0.25, 0.3) is 10.0 Å². The maximum atomic E-state index is 12.7. The molecular formula is C20H14ClN5O3S. The van der Waals surface area contributed by atoms with E-state index < -0.39 is 10.0 Å². The molecule has 0 amide bonds. The first-order valence-corrected chi connectivity index (χ1v) is 10.5. The van der Waals surface area contributed by atoms with E-state index in [9.17, 15) is 13.7 Å². The lowest BCUT2D eigenvalue weighted by Gasteiger charge is -2.21. The van der Waals surface area contributed by atoms with Crippen molar-refractivity contribution in [2.24, 2.45) is 4.40 Å². The second-order valence-electron chi connectivity index (χ2n) is 6.16.